The topological polar surface area (TPSA) is 24.9 Å². The summed E-state index contributed by atoms with van der Waals surface area (Å²) in [5, 5.41) is 4.88. The maximum atomic E-state index is 4.56. The van der Waals surface area contributed by atoms with E-state index in [0.717, 1.165) is 17.1 Å². The SMILES string of the molecule is Cc1cc(NC(C)C2CC2)c2ccccc2n1. The monoisotopic (exact) mass is 226 g/mol. The first-order valence-electron chi connectivity index (χ1n) is 6.37. The van der Waals surface area contributed by atoms with Gasteiger partial charge in [0.05, 0.1) is 5.52 Å². The summed E-state index contributed by atoms with van der Waals surface area (Å²) < 4.78 is 0. The minimum atomic E-state index is 0.570. The van der Waals surface area contributed by atoms with E-state index in [9.17, 15) is 0 Å². The summed E-state index contributed by atoms with van der Waals surface area (Å²) in [6.45, 7) is 4.33. The summed E-state index contributed by atoms with van der Waals surface area (Å²) in [4.78, 5) is 4.56. The molecular weight excluding hydrogens is 208 g/mol. The first kappa shape index (κ1) is 10.6. The largest absolute Gasteiger partial charge is 0.382 e. The lowest BCUT2D eigenvalue weighted by Crippen LogP contribution is -2.17. The van der Waals surface area contributed by atoms with Crippen molar-refractivity contribution in [1.82, 2.24) is 4.98 Å². The Morgan fingerprint density at radius 3 is 2.82 bits per heavy atom. The van der Waals surface area contributed by atoms with Gasteiger partial charge in [-0.05, 0) is 44.7 Å². The minimum absolute atomic E-state index is 0.570. The number of pyridine rings is 1. The molecule has 88 valence electrons. The minimum Gasteiger partial charge on any atom is -0.382 e. The average molecular weight is 226 g/mol. The van der Waals surface area contributed by atoms with Crippen LogP contribution in [-0.2, 0) is 0 Å². The number of hydrogen-bond acceptors (Lipinski definition) is 2. The van der Waals surface area contributed by atoms with Crippen LogP contribution in [0, 0.1) is 12.8 Å². The number of aryl methyl sites for hydroxylation is 1. The van der Waals surface area contributed by atoms with Gasteiger partial charge in [-0.3, -0.25) is 4.98 Å². The number of aromatic nitrogens is 1. The van der Waals surface area contributed by atoms with Gasteiger partial charge >= 0.3 is 0 Å². The number of nitrogens with zero attached hydrogens (tertiary/aromatic N) is 1. The van der Waals surface area contributed by atoms with Crippen LogP contribution in [0.5, 0.6) is 0 Å². The highest BCUT2D eigenvalue weighted by molar-refractivity contribution is 5.91. The summed E-state index contributed by atoms with van der Waals surface area (Å²) in [6, 6.07) is 11.1. The molecule has 1 aliphatic rings. The van der Waals surface area contributed by atoms with E-state index in [-0.39, 0.29) is 0 Å². The smallest absolute Gasteiger partial charge is 0.0725 e. The molecule has 2 heteroatoms. The van der Waals surface area contributed by atoms with Crippen LogP contribution in [0.2, 0.25) is 0 Å². The van der Waals surface area contributed by atoms with E-state index in [4.69, 9.17) is 0 Å². The second-order valence-electron chi connectivity index (χ2n) is 5.10. The summed E-state index contributed by atoms with van der Waals surface area (Å²) in [7, 11) is 0. The van der Waals surface area contributed by atoms with Crippen LogP contribution in [0.3, 0.4) is 0 Å². The van der Waals surface area contributed by atoms with E-state index >= 15 is 0 Å². The third-order valence-corrected chi connectivity index (χ3v) is 3.56. The Labute approximate surface area is 102 Å². The molecule has 1 atom stereocenters. The Kier molecular flexibility index (Phi) is 2.50. The molecule has 0 saturated heterocycles. The normalized spacial score (nSPS) is 17.1. The zero-order valence-electron chi connectivity index (χ0n) is 10.4. The molecule has 0 aliphatic heterocycles. The summed E-state index contributed by atoms with van der Waals surface area (Å²) in [5.74, 6) is 0.863. The predicted molar refractivity (Wildman–Crippen MR) is 72.3 cm³/mol. The number of para-hydroxylation sites is 1. The van der Waals surface area contributed by atoms with Gasteiger partial charge < -0.3 is 5.32 Å². The van der Waals surface area contributed by atoms with Crippen LogP contribution >= 0.6 is 0 Å². The fourth-order valence-electron chi connectivity index (χ4n) is 2.39. The molecule has 0 bridgehead atoms. The summed E-state index contributed by atoms with van der Waals surface area (Å²) in [5.41, 5.74) is 3.39. The van der Waals surface area contributed by atoms with E-state index in [1.165, 1.54) is 23.9 Å². The Morgan fingerprint density at radius 2 is 2.06 bits per heavy atom. The van der Waals surface area contributed by atoms with Gasteiger partial charge in [0.15, 0.2) is 0 Å². The molecule has 1 aromatic heterocycles. The molecule has 2 aromatic rings. The lowest BCUT2D eigenvalue weighted by molar-refractivity contribution is 0.695. The Morgan fingerprint density at radius 1 is 1.29 bits per heavy atom. The maximum Gasteiger partial charge on any atom is 0.0725 e. The van der Waals surface area contributed by atoms with Crippen molar-refractivity contribution >= 4 is 16.6 Å². The van der Waals surface area contributed by atoms with Crippen molar-refractivity contribution in [3.63, 3.8) is 0 Å². The molecule has 1 fully saturated rings. The number of nitrogens with one attached hydrogen (secondary N) is 1. The van der Waals surface area contributed by atoms with Crippen molar-refractivity contribution in [2.24, 2.45) is 5.92 Å². The highest BCUT2D eigenvalue weighted by atomic mass is 14.9. The zero-order chi connectivity index (χ0) is 11.8. The van der Waals surface area contributed by atoms with Gasteiger partial charge in [0, 0.05) is 22.8 Å². The maximum absolute atomic E-state index is 4.56. The van der Waals surface area contributed by atoms with Crippen molar-refractivity contribution < 1.29 is 0 Å². The average Bonchev–Trinajstić information content (AvgIpc) is 3.12. The number of fused-ring (bicyclic) bond motifs is 1. The van der Waals surface area contributed by atoms with Crippen LogP contribution < -0.4 is 5.32 Å². The molecule has 1 heterocycles. The second kappa shape index (κ2) is 4.02. The van der Waals surface area contributed by atoms with Crippen LogP contribution in [0.15, 0.2) is 30.3 Å². The van der Waals surface area contributed by atoms with Crippen LogP contribution in [0.4, 0.5) is 5.69 Å². The van der Waals surface area contributed by atoms with Crippen LogP contribution in [0.25, 0.3) is 10.9 Å². The number of hydrogen-bond donors (Lipinski definition) is 1. The number of benzene rings is 1. The van der Waals surface area contributed by atoms with E-state index in [1.54, 1.807) is 0 Å². The van der Waals surface area contributed by atoms with Crippen molar-refractivity contribution in [1.29, 1.82) is 0 Å². The van der Waals surface area contributed by atoms with Gasteiger partial charge in [0.25, 0.3) is 0 Å². The van der Waals surface area contributed by atoms with E-state index < -0.39 is 0 Å². The van der Waals surface area contributed by atoms with Crippen molar-refractivity contribution in [3.8, 4) is 0 Å². The van der Waals surface area contributed by atoms with Crippen molar-refractivity contribution in [2.45, 2.75) is 32.7 Å². The Hall–Kier alpha value is -1.57. The van der Waals surface area contributed by atoms with Crippen LogP contribution in [0.1, 0.15) is 25.5 Å². The van der Waals surface area contributed by atoms with E-state index in [1.807, 2.05) is 6.07 Å². The molecule has 1 aromatic carbocycles. The van der Waals surface area contributed by atoms with Crippen molar-refractivity contribution in [2.75, 3.05) is 5.32 Å². The molecule has 0 spiro atoms. The standard InChI is InChI=1S/C15H18N2/c1-10-9-15(17-11(2)12-7-8-12)13-5-3-4-6-14(13)16-10/h3-6,9,11-12H,7-8H2,1-2H3,(H,16,17). The quantitative estimate of drug-likeness (QED) is 0.862. The second-order valence-corrected chi connectivity index (χ2v) is 5.10. The van der Waals surface area contributed by atoms with Gasteiger partial charge in [0.1, 0.15) is 0 Å². The lowest BCUT2D eigenvalue weighted by atomic mass is 10.1. The zero-order valence-corrected chi connectivity index (χ0v) is 10.4. The third-order valence-electron chi connectivity index (χ3n) is 3.56. The number of anilines is 1. The molecule has 0 radical (unpaired) electrons. The molecule has 3 rings (SSSR count). The fraction of sp³-hybridized carbons (Fsp3) is 0.400. The molecular formula is C15H18N2. The van der Waals surface area contributed by atoms with Gasteiger partial charge in [-0.25, -0.2) is 0 Å². The molecule has 1 N–H and O–H groups in total. The van der Waals surface area contributed by atoms with E-state index in [0.29, 0.717) is 6.04 Å². The van der Waals surface area contributed by atoms with Crippen molar-refractivity contribution in [3.05, 3.63) is 36.0 Å². The predicted octanol–water partition coefficient (Wildman–Crippen LogP) is 3.75. The van der Waals surface area contributed by atoms with Gasteiger partial charge in [-0.1, -0.05) is 18.2 Å². The van der Waals surface area contributed by atoms with Gasteiger partial charge in [-0.2, -0.15) is 0 Å². The third kappa shape index (κ3) is 2.12. The first-order valence-corrected chi connectivity index (χ1v) is 6.37. The van der Waals surface area contributed by atoms with Crippen LogP contribution in [-0.4, -0.2) is 11.0 Å². The van der Waals surface area contributed by atoms with Gasteiger partial charge in [0.2, 0.25) is 0 Å². The molecule has 2 nitrogen and oxygen atoms in total. The molecule has 0 amide bonds. The highest BCUT2D eigenvalue weighted by Gasteiger charge is 2.28. The number of rotatable bonds is 3. The fourth-order valence-corrected chi connectivity index (χ4v) is 2.39. The highest BCUT2D eigenvalue weighted by Crippen LogP contribution is 2.35. The Balaban J connectivity index is 2.01. The molecule has 1 unspecified atom stereocenters. The van der Waals surface area contributed by atoms with E-state index in [2.05, 4.69) is 48.4 Å². The lowest BCUT2D eigenvalue weighted by Gasteiger charge is -2.16. The first-order chi connectivity index (χ1) is 8.24. The molecule has 17 heavy (non-hydrogen) atoms. The summed E-state index contributed by atoms with van der Waals surface area (Å²) >= 11 is 0. The summed E-state index contributed by atoms with van der Waals surface area (Å²) in [6.07, 6.45) is 2.74. The molecule has 1 aliphatic carbocycles. The Bertz CT molecular complexity index is 544. The van der Waals surface area contributed by atoms with Gasteiger partial charge in [-0.15, -0.1) is 0 Å². The molecule has 1 saturated carbocycles.